The third-order valence-corrected chi connectivity index (χ3v) is 6.23. The van der Waals surface area contributed by atoms with Gasteiger partial charge in [0.05, 0.1) is 9.26 Å². The molecule has 4 heteroatoms. The molecule has 0 saturated heterocycles. The first-order chi connectivity index (χ1) is 9.70. The highest BCUT2D eigenvalue weighted by Gasteiger charge is 2.29. The summed E-state index contributed by atoms with van der Waals surface area (Å²) in [6, 6.07) is 0. The van der Waals surface area contributed by atoms with Crippen LogP contribution < -0.4 is 0 Å². The second-order valence-corrected chi connectivity index (χ2v) is 9.08. The smallest absolute Gasteiger partial charge is 0.146 e. The fraction of sp³-hybridized carbons (Fsp3) is 0.765. The second kappa shape index (κ2) is 6.69. The molecular weight excluding hydrogens is 395 g/mol. The first kappa shape index (κ1) is 17.5. The van der Waals surface area contributed by atoms with E-state index in [2.05, 4.69) is 62.2 Å². The highest BCUT2D eigenvalue weighted by atomic mass is 127. The van der Waals surface area contributed by atoms with Gasteiger partial charge < -0.3 is 0 Å². The predicted molar refractivity (Wildman–Crippen MR) is 98.0 cm³/mol. The Morgan fingerprint density at radius 2 is 1.67 bits per heavy atom. The van der Waals surface area contributed by atoms with Crippen LogP contribution in [0, 0.1) is 15.4 Å². The molecule has 1 aliphatic rings. The summed E-state index contributed by atoms with van der Waals surface area (Å²) < 4.78 is 1.00. The summed E-state index contributed by atoms with van der Waals surface area (Å²) in [6.45, 7) is 11.2. The minimum Gasteiger partial charge on any atom is -0.236 e. The third-order valence-electron chi connectivity index (χ3n) is 4.62. The fourth-order valence-electron chi connectivity index (χ4n) is 3.16. The number of hydrogen-bond acceptors (Lipinski definition) is 2. The molecule has 0 spiro atoms. The van der Waals surface area contributed by atoms with Gasteiger partial charge in [0.1, 0.15) is 11.0 Å². The first-order valence-electron chi connectivity index (χ1n) is 7.93. The second-order valence-electron chi connectivity index (χ2n) is 7.64. The Morgan fingerprint density at radius 3 is 2.14 bits per heavy atom. The molecule has 21 heavy (non-hydrogen) atoms. The zero-order chi connectivity index (χ0) is 15.8. The summed E-state index contributed by atoms with van der Waals surface area (Å²) in [4.78, 5) is 9.48. The van der Waals surface area contributed by atoms with E-state index in [1.807, 2.05) is 0 Å². The monoisotopic (exact) mass is 420 g/mol. The van der Waals surface area contributed by atoms with E-state index in [0.717, 1.165) is 26.9 Å². The number of hydrogen-bond donors (Lipinski definition) is 0. The van der Waals surface area contributed by atoms with Gasteiger partial charge >= 0.3 is 0 Å². The lowest BCUT2D eigenvalue weighted by molar-refractivity contribution is 0.254. The van der Waals surface area contributed by atoms with Crippen molar-refractivity contribution < 1.29 is 0 Å². The average molecular weight is 421 g/mol. The van der Waals surface area contributed by atoms with Gasteiger partial charge in [-0.15, -0.1) is 0 Å². The Labute approximate surface area is 147 Å². The van der Waals surface area contributed by atoms with E-state index in [4.69, 9.17) is 16.6 Å². The third kappa shape index (κ3) is 4.10. The molecule has 1 aliphatic carbocycles. The molecular formula is C17H26ClIN2. The van der Waals surface area contributed by atoms with Gasteiger partial charge in [-0.2, -0.15) is 0 Å². The van der Waals surface area contributed by atoms with E-state index >= 15 is 0 Å². The van der Waals surface area contributed by atoms with Crippen LogP contribution in [-0.4, -0.2) is 9.97 Å². The van der Waals surface area contributed by atoms with Gasteiger partial charge in [-0.05, 0) is 60.1 Å². The molecule has 0 unspecified atom stereocenters. The van der Waals surface area contributed by atoms with E-state index in [1.165, 1.54) is 25.7 Å². The molecule has 1 fully saturated rings. The van der Waals surface area contributed by atoms with E-state index in [0.29, 0.717) is 11.1 Å². The number of halogens is 2. The summed E-state index contributed by atoms with van der Waals surface area (Å²) in [5.74, 6) is 3.10. The maximum absolute atomic E-state index is 6.36. The van der Waals surface area contributed by atoms with Crippen molar-refractivity contribution in [2.24, 2.45) is 11.8 Å². The molecule has 118 valence electrons. The van der Waals surface area contributed by atoms with Crippen molar-refractivity contribution in [3.63, 3.8) is 0 Å². The molecule has 0 amide bonds. The summed E-state index contributed by atoms with van der Waals surface area (Å²) in [6.07, 6.45) is 4.98. The molecule has 2 nitrogen and oxygen atoms in total. The van der Waals surface area contributed by atoms with Crippen LogP contribution >= 0.6 is 34.2 Å². The molecule has 0 radical (unpaired) electrons. The van der Waals surface area contributed by atoms with Crippen molar-refractivity contribution in [3.8, 4) is 0 Å². The Kier molecular flexibility index (Phi) is 5.56. The Hall–Kier alpha value is 0.1000. The zero-order valence-corrected chi connectivity index (χ0v) is 16.6. The van der Waals surface area contributed by atoms with Gasteiger partial charge in [0, 0.05) is 11.3 Å². The summed E-state index contributed by atoms with van der Waals surface area (Å²) in [7, 11) is 0. The van der Waals surface area contributed by atoms with Crippen LogP contribution in [0.1, 0.15) is 77.7 Å². The normalized spacial score (nSPS) is 23.6. The van der Waals surface area contributed by atoms with Gasteiger partial charge in [0.25, 0.3) is 0 Å². The first-order valence-corrected chi connectivity index (χ1v) is 9.39. The zero-order valence-electron chi connectivity index (χ0n) is 13.7. The van der Waals surface area contributed by atoms with Crippen LogP contribution in [0.3, 0.4) is 0 Å². The molecule has 1 saturated carbocycles. The van der Waals surface area contributed by atoms with Crippen molar-refractivity contribution in [3.05, 3.63) is 20.2 Å². The lowest BCUT2D eigenvalue weighted by Gasteiger charge is -2.31. The van der Waals surface area contributed by atoms with Crippen LogP contribution in [0.15, 0.2) is 0 Å². The molecule has 1 heterocycles. The molecule has 0 bridgehead atoms. The van der Waals surface area contributed by atoms with Crippen LogP contribution in [0.5, 0.6) is 0 Å². The summed E-state index contributed by atoms with van der Waals surface area (Å²) in [5.41, 5.74) is 1.09. The Bertz CT molecular complexity index is 500. The largest absolute Gasteiger partial charge is 0.236 e. The molecule has 0 aromatic carbocycles. The minimum absolute atomic E-state index is 0.00693. The van der Waals surface area contributed by atoms with E-state index in [-0.39, 0.29) is 5.41 Å². The van der Waals surface area contributed by atoms with E-state index in [9.17, 15) is 0 Å². The predicted octanol–water partition coefficient (Wildman–Crippen LogP) is 5.96. The van der Waals surface area contributed by atoms with Crippen LogP contribution in [0.25, 0.3) is 0 Å². The lowest BCUT2D eigenvalue weighted by Crippen LogP contribution is -2.22. The molecule has 0 N–H and O–H groups in total. The maximum Gasteiger partial charge on any atom is 0.146 e. The molecule has 0 aliphatic heterocycles. The van der Waals surface area contributed by atoms with Gasteiger partial charge in [0.2, 0.25) is 0 Å². The summed E-state index contributed by atoms with van der Waals surface area (Å²) >= 11 is 8.64. The fourth-order valence-corrected chi connectivity index (χ4v) is 4.39. The van der Waals surface area contributed by atoms with Gasteiger partial charge in [0.15, 0.2) is 0 Å². The molecule has 2 rings (SSSR count). The van der Waals surface area contributed by atoms with Crippen molar-refractivity contribution in [1.29, 1.82) is 0 Å². The standard InChI is InChI=1S/C17H26ClIN2/c1-10(2)11-6-8-12(9-7-11)16-20-14(17(3,4)5)13(19)15(18)21-16/h10-12H,6-9H2,1-5H3. The average Bonchev–Trinajstić information content (AvgIpc) is 2.40. The number of aromatic nitrogens is 2. The quantitative estimate of drug-likeness (QED) is 0.435. The Balaban J connectivity index is 2.24. The van der Waals surface area contributed by atoms with E-state index < -0.39 is 0 Å². The highest BCUT2D eigenvalue weighted by Crippen LogP contribution is 2.39. The van der Waals surface area contributed by atoms with Crippen LogP contribution in [0.2, 0.25) is 5.15 Å². The van der Waals surface area contributed by atoms with Crippen molar-refractivity contribution in [2.75, 3.05) is 0 Å². The molecule has 1 aromatic rings. The van der Waals surface area contributed by atoms with Crippen LogP contribution in [-0.2, 0) is 5.41 Å². The number of rotatable bonds is 2. The van der Waals surface area contributed by atoms with Gasteiger partial charge in [-0.1, -0.05) is 46.2 Å². The SMILES string of the molecule is CC(C)C1CCC(c2nc(Cl)c(I)c(C(C)(C)C)n2)CC1. The lowest BCUT2D eigenvalue weighted by atomic mass is 9.76. The van der Waals surface area contributed by atoms with Crippen molar-refractivity contribution in [1.82, 2.24) is 9.97 Å². The van der Waals surface area contributed by atoms with Crippen molar-refractivity contribution >= 4 is 34.2 Å². The Morgan fingerprint density at radius 1 is 1.10 bits per heavy atom. The molecule has 1 aromatic heterocycles. The minimum atomic E-state index is 0.00693. The highest BCUT2D eigenvalue weighted by molar-refractivity contribution is 14.1. The van der Waals surface area contributed by atoms with E-state index in [1.54, 1.807) is 0 Å². The number of nitrogens with zero attached hydrogens (tertiary/aromatic N) is 2. The van der Waals surface area contributed by atoms with Gasteiger partial charge in [-0.3, -0.25) is 0 Å². The topological polar surface area (TPSA) is 25.8 Å². The van der Waals surface area contributed by atoms with Gasteiger partial charge in [-0.25, -0.2) is 9.97 Å². The molecule has 0 atom stereocenters. The van der Waals surface area contributed by atoms with Crippen molar-refractivity contribution in [2.45, 2.75) is 71.6 Å². The maximum atomic E-state index is 6.36. The van der Waals surface area contributed by atoms with Crippen LogP contribution in [0.4, 0.5) is 0 Å². The summed E-state index contributed by atoms with van der Waals surface area (Å²) in [5, 5.41) is 0.622.